The Labute approximate surface area is 103 Å². The highest BCUT2D eigenvalue weighted by molar-refractivity contribution is 9.10. The number of nitrogens with zero attached hydrogens (tertiary/aromatic N) is 3. The van der Waals surface area contributed by atoms with Gasteiger partial charge < -0.3 is 10.5 Å². The Morgan fingerprint density at radius 1 is 1.62 bits per heavy atom. The third kappa shape index (κ3) is 2.01. The van der Waals surface area contributed by atoms with Crippen LogP contribution in [-0.4, -0.2) is 27.7 Å². The van der Waals surface area contributed by atoms with Crippen LogP contribution in [0.4, 0.5) is 0 Å². The Kier molecular flexibility index (Phi) is 3.32. The number of halogens is 1. The molecular weight excluding hydrogens is 272 g/mol. The van der Waals surface area contributed by atoms with Crippen LogP contribution in [0, 0.1) is 0 Å². The molecule has 16 heavy (non-hydrogen) atoms. The van der Waals surface area contributed by atoms with E-state index in [1.807, 2.05) is 7.05 Å². The van der Waals surface area contributed by atoms with Crippen LogP contribution in [0.5, 0.6) is 0 Å². The monoisotopic (exact) mass is 288 g/mol. The molecule has 2 rings (SSSR count). The van der Waals surface area contributed by atoms with E-state index in [0.29, 0.717) is 0 Å². The molecule has 0 bridgehead atoms. The lowest BCUT2D eigenvalue weighted by Gasteiger charge is -2.42. The summed E-state index contributed by atoms with van der Waals surface area (Å²) >= 11 is 3.37. The molecule has 0 amide bonds. The Hall–Kier alpha value is -0.460. The van der Waals surface area contributed by atoms with Crippen molar-refractivity contribution in [3.05, 3.63) is 10.3 Å². The fraction of sp³-hybridized carbons (Fsp3) is 0.800. The molecule has 0 spiro atoms. The molecule has 2 N–H and O–H groups in total. The topological polar surface area (TPSA) is 66.0 Å². The second-order valence-electron chi connectivity index (χ2n) is 4.44. The van der Waals surface area contributed by atoms with E-state index >= 15 is 0 Å². The molecule has 0 saturated heterocycles. The number of aryl methyl sites for hydroxylation is 1. The molecule has 90 valence electrons. The van der Waals surface area contributed by atoms with Gasteiger partial charge in [-0.2, -0.15) is 0 Å². The normalized spacial score (nSPS) is 20.5. The smallest absolute Gasteiger partial charge is 0.153 e. The average molecular weight is 289 g/mol. The summed E-state index contributed by atoms with van der Waals surface area (Å²) in [6.45, 7) is 0. The Morgan fingerprint density at radius 2 is 2.31 bits per heavy atom. The molecule has 6 heteroatoms. The first-order chi connectivity index (χ1) is 7.58. The fourth-order valence-corrected chi connectivity index (χ4v) is 2.91. The number of hydrogen-bond acceptors (Lipinski definition) is 4. The van der Waals surface area contributed by atoms with Crippen molar-refractivity contribution in [2.45, 2.75) is 37.3 Å². The van der Waals surface area contributed by atoms with Crippen molar-refractivity contribution >= 4 is 15.9 Å². The lowest BCUT2D eigenvalue weighted by molar-refractivity contribution is -0.0820. The molecule has 1 unspecified atom stereocenters. The summed E-state index contributed by atoms with van der Waals surface area (Å²) in [6.07, 6.45) is 4.24. The minimum absolute atomic E-state index is 0.0247. The highest BCUT2D eigenvalue weighted by Crippen LogP contribution is 2.41. The van der Waals surface area contributed by atoms with Gasteiger partial charge in [-0.05, 0) is 41.6 Å². The van der Waals surface area contributed by atoms with Gasteiger partial charge in [0.05, 0.1) is 17.3 Å². The SMILES string of the molecule is COC1(CC(N)c2c(Br)nnn2C)CCC1. The largest absolute Gasteiger partial charge is 0.378 e. The second-order valence-corrected chi connectivity index (χ2v) is 5.19. The number of methoxy groups -OCH3 is 1. The lowest BCUT2D eigenvalue weighted by Crippen LogP contribution is -2.42. The zero-order valence-electron chi connectivity index (χ0n) is 9.61. The van der Waals surface area contributed by atoms with Gasteiger partial charge in [0, 0.05) is 14.2 Å². The molecule has 1 aliphatic carbocycles. The Balaban J connectivity index is 2.11. The van der Waals surface area contributed by atoms with Gasteiger partial charge in [0.15, 0.2) is 4.60 Å². The van der Waals surface area contributed by atoms with Crippen LogP contribution in [0.3, 0.4) is 0 Å². The van der Waals surface area contributed by atoms with Crippen LogP contribution in [0.25, 0.3) is 0 Å². The van der Waals surface area contributed by atoms with Gasteiger partial charge in [-0.25, -0.2) is 4.68 Å². The van der Waals surface area contributed by atoms with Crippen LogP contribution < -0.4 is 5.73 Å². The molecule has 0 aromatic carbocycles. The number of hydrogen-bond donors (Lipinski definition) is 1. The predicted molar refractivity (Wildman–Crippen MR) is 63.8 cm³/mol. The van der Waals surface area contributed by atoms with E-state index in [1.165, 1.54) is 6.42 Å². The Morgan fingerprint density at radius 3 is 2.69 bits per heavy atom. The molecule has 1 fully saturated rings. The van der Waals surface area contributed by atoms with Crippen LogP contribution in [0.15, 0.2) is 4.60 Å². The molecule has 0 aliphatic heterocycles. The van der Waals surface area contributed by atoms with E-state index in [9.17, 15) is 0 Å². The minimum atomic E-state index is -0.0883. The van der Waals surface area contributed by atoms with Crippen molar-refractivity contribution in [1.82, 2.24) is 15.0 Å². The van der Waals surface area contributed by atoms with Crippen LogP contribution in [0.1, 0.15) is 37.4 Å². The molecule has 1 aromatic heterocycles. The number of ether oxygens (including phenoxy) is 1. The van der Waals surface area contributed by atoms with E-state index in [1.54, 1.807) is 11.8 Å². The molecular formula is C10H17BrN4O. The zero-order valence-corrected chi connectivity index (χ0v) is 11.2. The molecule has 5 nitrogen and oxygen atoms in total. The van der Waals surface area contributed by atoms with Crippen molar-refractivity contribution in [2.24, 2.45) is 12.8 Å². The van der Waals surface area contributed by atoms with E-state index in [0.717, 1.165) is 29.6 Å². The maximum atomic E-state index is 6.20. The van der Waals surface area contributed by atoms with E-state index in [-0.39, 0.29) is 11.6 Å². The van der Waals surface area contributed by atoms with E-state index < -0.39 is 0 Å². The van der Waals surface area contributed by atoms with Gasteiger partial charge in [0.2, 0.25) is 0 Å². The quantitative estimate of drug-likeness (QED) is 0.913. The van der Waals surface area contributed by atoms with Crippen LogP contribution >= 0.6 is 15.9 Å². The third-order valence-electron chi connectivity index (χ3n) is 3.47. The first-order valence-corrected chi connectivity index (χ1v) is 6.23. The zero-order chi connectivity index (χ0) is 11.8. The first kappa shape index (κ1) is 12.0. The predicted octanol–water partition coefficient (Wildman–Crippen LogP) is 1.54. The van der Waals surface area contributed by atoms with Crippen LogP contribution in [0.2, 0.25) is 0 Å². The van der Waals surface area contributed by atoms with Gasteiger partial charge in [0.25, 0.3) is 0 Å². The summed E-state index contributed by atoms with van der Waals surface area (Å²) in [6, 6.07) is -0.0883. The van der Waals surface area contributed by atoms with Crippen molar-refractivity contribution in [1.29, 1.82) is 0 Å². The Bertz CT molecular complexity index is 350. The van der Waals surface area contributed by atoms with Gasteiger partial charge in [0.1, 0.15) is 0 Å². The molecule has 1 atom stereocenters. The maximum Gasteiger partial charge on any atom is 0.153 e. The molecule has 1 heterocycles. The molecule has 1 aromatic rings. The van der Waals surface area contributed by atoms with Gasteiger partial charge in [-0.1, -0.05) is 5.21 Å². The minimum Gasteiger partial charge on any atom is -0.378 e. The third-order valence-corrected chi connectivity index (χ3v) is 4.03. The summed E-state index contributed by atoms with van der Waals surface area (Å²) in [5, 5.41) is 7.88. The highest BCUT2D eigenvalue weighted by Gasteiger charge is 2.39. The van der Waals surface area contributed by atoms with E-state index in [2.05, 4.69) is 26.2 Å². The van der Waals surface area contributed by atoms with Crippen molar-refractivity contribution < 1.29 is 4.74 Å². The van der Waals surface area contributed by atoms with E-state index in [4.69, 9.17) is 10.5 Å². The number of aromatic nitrogens is 3. The van der Waals surface area contributed by atoms with Gasteiger partial charge in [-0.3, -0.25) is 0 Å². The standard InChI is InChI=1S/C10H17BrN4O/c1-15-8(9(11)13-14-15)7(12)6-10(16-2)4-3-5-10/h7H,3-6,12H2,1-2H3. The van der Waals surface area contributed by atoms with Crippen molar-refractivity contribution in [3.63, 3.8) is 0 Å². The summed E-state index contributed by atoms with van der Waals surface area (Å²) in [5.74, 6) is 0. The second kappa shape index (κ2) is 4.43. The maximum absolute atomic E-state index is 6.20. The van der Waals surface area contributed by atoms with Gasteiger partial charge in [-0.15, -0.1) is 5.10 Å². The molecule has 1 aliphatic rings. The van der Waals surface area contributed by atoms with Crippen molar-refractivity contribution in [3.8, 4) is 0 Å². The average Bonchev–Trinajstić information content (AvgIpc) is 2.52. The summed E-state index contributed by atoms with van der Waals surface area (Å²) in [7, 11) is 3.62. The van der Waals surface area contributed by atoms with Gasteiger partial charge >= 0.3 is 0 Å². The molecule has 1 saturated carbocycles. The number of nitrogens with two attached hydrogens (primary N) is 1. The highest BCUT2D eigenvalue weighted by atomic mass is 79.9. The summed E-state index contributed by atoms with van der Waals surface area (Å²) in [5.41, 5.74) is 7.11. The molecule has 0 radical (unpaired) electrons. The number of rotatable bonds is 4. The van der Waals surface area contributed by atoms with Crippen molar-refractivity contribution in [2.75, 3.05) is 7.11 Å². The van der Waals surface area contributed by atoms with Crippen LogP contribution in [-0.2, 0) is 11.8 Å². The first-order valence-electron chi connectivity index (χ1n) is 5.44. The summed E-state index contributed by atoms with van der Waals surface area (Å²) < 4.78 is 8.03. The summed E-state index contributed by atoms with van der Waals surface area (Å²) in [4.78, 5) is 0. The lowest BCUT2D eigenvalue weighted by atomic mass is 9.75. The fourth-order valence-electron chi connectivity index (χ4n) is 2.29.